The number of ether oxygens (including phenoxy) is 1. The van der Waals surface area contributed by atoms with E-state index < -0.39 is 0 Å². The molecule has 0 heterocycles. The molecule has 0 aliphatic heterocycles. The molecule has 2 rings (SSSR count). The number of hydrogen-bond donors (Lipinski definition) is 1. The van der Waals surface area contributed by atoms with Crippen molar-refractivity contribution in [3.63, 3.8) is 0 Å². The number of halogens is 2. The minimum Gasteiger partial charge on any atom is -0.497 e. The van der Waals surface area contributed by atoms with Gasteiger partial charge in [-0.05, 0) is 54.3 Å². The second-order valence-electron chi connectivity index (χ2n) is 4.76. The van der Waals surface area contributed by atoms with Crippen molar-refractivity contribution in [1.29, 1.82) is 0 Å². The summed E-state index contributed by atoms with van der Waals surface area (Å²) in [4.78, 5) is 0. The molecule has 0 radical (unpaired) electrons. The Balaban J connectivity index is 2.04. The van der Waals surface area contributed by atoms with Crippen LogP contribution in [0.25, 0.3) is 0 Å². The third kappa shape index (κ3) is 4.14. The topological polar surface area (TPSA) is 35.2 Å². The fourth-order valence-electron chi connectivity index (χ4n) is 2.16. The van der Waals surface area contributed by atoms with Gasteiger partial charge in [0.1, 0.15) is 5.75 Å². The van der Waals surface area contributed by atoms with E-state index in [2.05, 4.69) is 0 Å². The van der Waals surface area contributed by atoms with Gasteiger partial charge in [-0.15, -0.1) is 0 Å². The van der Waals surface area contributed by atoms with Crippen molar-refractivity contribution >= 4 is 23.2 Å². The van der Waals surface area contributed by atoms with Crippen LogP contribution in [0.2, 0.25) is 10.0 Å². The quantitative estimate of drug-likeness (QED) is 0.902. The van der Waals surface area contributed by atoms with E-state index in [4.69, 9.17) is 33.7 Å². The van der Waals surface area contributed by atoms with Gasteiger partial charge in [0, 0.05) is 16.1 Å². The van der Waals surface area contributed by atoms with Crippen molar-refractivity contribution in [2.45, 2.75) is 18.9 Å². The largest absolute Gasteiger partial charge is 0.497 e. The molecular formula is C16H17Cl2NO. The highest BCUT2D eigenvalue weighted by molar-refractivity contribution is 6.33. The molecule has 2 aromatic rings. The Labute approximate surface area is 129 Å². The van der Waals surface area contributed by atoms with Crippen LogP contribution in [0.4, 0.5) is 0 Å². The van der Waals surface area contributed by atoms with Gasteiger partial charge in [-0.25, -0.2) is 0 Å². The molecule has 2 aromatic carbocycles. The molecule has 4 heteroatoms. The van der Waals surface area contributed by atoms with E-state index in [1.54, 1.807) is 19.2 Å². The molecule has 0 amide bonds. The lowest BCUT2D eigenvalue weighted by atomic mass is 9.99. The molecule has 20 heavy (non-hydrogen) atoms. The first-order chi connectivity index (χ1) is 9.58. The van der Waals surface area contributed by atoms with Crippen molar-refractivity contribution in [3.8, 4) is 5.75 Å². The first-order valence-electron chi connectivity index (χ1n) is 6.41. The highest BCUT2D eigenvalue weighted by atomic mass is 35.5. The molecule has 1 unspecified atom stereocenters. The smallest absolute Gasteiger partial charge is 0.119 e. The van der Waals surface area contributed by atoms with Gasteiger partial charge in [0.2, 0.25) is 0 Å². The van der Waals surface area contributed by atoms with E-state index in [9.17, 15) is 0 Å². The van der Waals surface area contributed by atoms with E-state index in [0.29, 0.717) is 16.5 Å². The summed E-state index contributed by atoms with van der Waals surface area (Å²) >= 11 is 12.1. The van der Waals surface area contributed by atoms with Crippen molar-refractivity contribution in [3.05, 3.63) is 63.6 Å². The molecule has 0 aromatic heterocycles. The van der Waals surface area contributed by atoms with Gasteiger partial charge >= 0.3 is 0 Å². The van der Waals surface area contributed by atoms with Crippen LogP contribution in [0.5, 0.6) is 5.75 Å². The Morgan fingerprint density at radius 2 is 1.90 bits per heavy atom. The summed E-state index contributed by atoms with van der Waals surface area (Å²) in [6.45, 7) is 0. The Hall–Kier alpha value is -1.22. The zero-order valence-electron chi connectivity index (χ0n) is 11.3. The molecule has 2 nitrogen and oxygen atoms in total. The summed E-state index contributed by atoms with van der Waals surface area (Å²) in [6.07, 6.45) is 1.46. The summed E-state index contributed by atoms with van der Waals surface area (Å²) in [7, 11) is 1.66. The second-order valence-corrected chi connectivity index (χ2v) is 5.60. The second kappa shape index (κ2) is 6.98. The molecule has 106 valence electrons. The highest BCUT2D eigenvalue weighted by Gasteiger charge is 2.09. The predicted molar refractivity (Wildman–Crippen MR) is 84.8 cm³/mol. The van der Waals surface area contributed by atoms with E-state index >= 15 is 0 Å². The van der Waals surface area contributed by atoms with E-state index in [-0.39, 0.29) is 6.04 Å². The zero-order chi connectivity index (χ0) is 14.5. The maximum Gasteiger partial charge on any atom is 0.119 e. The van der Waals surface area contributed by atoms with Crippen molar-refractivity contribution in [1.82, 2.24) is 0 Å². The minimum absolute atomic E-state index is 0.0157. The van der Waals surface area contributed by atoms with Gasteiger partial charge in [0.05, 0.1) is 7.11 Å². The third-order valence-corrected chi connectivity index (χ3v) is 3.73. The first kappa shape index (κ1) is 15.2. The Morgan fingerprint density at radius 1 is 1.10 bits per heavy atom. The number of rotatable bonds is 5. The minimum atomic E-state index is -0.0157. The molecular weight excluding hydrogens is 293 g/mol. The lowest BCUT2D eigenvalue weighted by molar-refractivity contribution is 0.414. The number of nitrogens with two attached hydrogens (primary N) is 1. The lowest BCUT2D eigenvalue weighted by Crippen LogP contribution is -2.25. The molecule has 1 atom stereocenters. The average molecular weight is 310 g/mol. The normalized spacial score (nSPS) is 12.2. The summed E-state index contributed by atoms with van der Waals surface area (Å²) < 4.78 is 5.21. The van der Waals surface area contributed by atoms with Crippen LogP contribution in [0.1, 0.15) is 11.1 Å². The number of hydrogen-bond acceptors (Lipinski definition) is 2. The van der Waals surface area contributed by atoms with Gasteiger partial charge in [0.15, 0.2) is 0 Å². The molecule has 0 spiro atoms. The maximum atomic E-state index is 6.21. The van der Waals surface area contributed by atoms with Crippen LogP contribution in [0.15, 0.2) is 42.5 Å². The summed E-state index contributed by atoms with van der Waals surface area (Å²) in [5, 5.41) is 1.38. The molecule has 0 saturated carbocycles. The fourth-order valence-corrected chi connectivity index (χ4v) is 2.55. The van der Waals surface area contributed by atoms with Gasteiger partial charge in [-0.2, -0.15) is 0 Å². The van der Waals surface area contributed by atoms with Crippen LogP contribution in [0.3, 0.4) is 0 Å². The van der Waals surface area contributed by atoms with Crippen LogP contribution >= 0.6 is 23.2 Å². The van der Waals surface area contributed by atoms with Gasteiger partial charge in [0.25, 0.3) is 0 Å². The monoisotopic (exact) mass is 309 g/mol. The summed E-state index contributed by atoms with van der Waals surface area (Å²) in [6, 6.07) is 13.4. The summed E-state index contributed by atoms with van der Waals surface area (Å²) in [5.74, 6) is 0.843. The number of methoxy groups -OCH3 is 1. The number of benzene rings is 2. The van der Waals surface area contributed by atoms with Crippen molar-refractivity contribution in [2.24, 2.45) is 5.73 Å². The van der Waals surface area contributed by atoms with E-state index in [1.807, 2.05) is 30.3 Å². The lowest BCUT2D eigenvalue weighted by Gasteiger charge is -2.14. The van der Waals surface area contributed by atoms with Crippen LogP contribution in [-0.2, 0) is 12.8 Å². The van der Waals surface area contributed by atoms with Crippen molar-refractivity contribution < 1.29 is 4.74 Å². The fraction of sp³-hybridized carbons (Fsp3) is 0.250. The molecule has 0 saturated heterocycles. The van der Waals surface area contributed by atoms with Gasteiger partial charge in [-0.1, -0.05) is 35.3 Å². The SMILES string of the molecule is COc1cccc(CC(N)Cc2cc(Cl)ccc2Cl)c1. The zero-order valence-corrected chi connectivity index (χ0v) is 12.8. The standard InChI is InChI=1S/C16H17Cl2NO/c1-20-15-4-2-3-11(8-15)7-14(19)10-12-9-13(17)5-6-16(12)18/h2-6,8-9,14H,7,10,19H2,1H3. The van der Waals surface area contributed by atoms with Gasteiger partial charge in [-0.3, -0.25) is 0 Å². The van der Waals surface area contributed by atoms with Crippen molar-refractivity contribution in [2.75, 3.05) is 7.11 Å². The summed E-state index contributed by atoms with van der Waals surface area (Å²) in [5.41, 5.74) is 8.33. The molecule has 0 aliphatic rings. The molecule has 2 N–H and O–H groups in total. The molecule has 0 aliphatic carbocycles. The van der Waals surface area contributed by atoms with E-state index in [0.717, 1.165) is 23.3 Å². The van der Waals surface area contributed by atoms with Crippen LogP contribution in [-0.4, -0.2) is 13.2 Å². The Kier molecular flexibility index (Phi) is 5.30. The predicted octanol–water partition coefficient (Wildman–Crippen LogP) is 4.11. The Bertz CT molecular complexity index is 586. The highest BCUT2D eigenvalue weighted by Crippen LogP contribution is 2.22. The first-order valence-corrected chi connectivity index (χ1v) is 7.16. The maximum absolute atomic E-state index is 6.21. The van der Waals surface area contributed by atoms with E-state index in [1.165, 1.54) is 0 Å². The average Bonchev–Trinajstić information content (AvgIpc) is 2.43. The molecule has 0 fully saturated rings. The molecule has 0 bridgehead atoms. The van der Waals surface area contributed by atoms with Crippen LogP contribution < -0.4 is 10.5 Å². The third-order valence-electron chi connectivity index (χ3n) is 3.12. The van der Waals surface area contributed by atoms with Gasteiger partial charge < -0.3 is 10.5 Å². The van der Waals surface area contributed by atoms with Crippen LogP contribution in [0, 0.1) is 0 Å². The Morgan fingerprint density at radius 3 is 2.65 bits per heavy atom.